The van der Waals surface area contributed by atoms with Gasteiger partial charge in [-0.2, -0.15) is 5.26 Å². The molecule has 3 rings (SSSR count). The number of nitrogens with one attached hydrogen (secondary N) is 1. The van der Waals surface area contributed by atoms with E-state index < -0.39 is 5.91 Å². The summed E-state index contributed by atoms with van der Waals surface area (Å²) >= 11 is 0. The number of para-hydroxylation sites is 1. The van der Waals surface area contributed by atoms with Crippen LogP contribution < -0.4 is 14.8 Å². The summed E-state index contributed by atoms with van der Waals surface area (Å²) in [6.45, 7) is 5.09. The Morgan fingerprint density at radius 3 is 2.39 bits per heavy atom. The Kier molecular flexibility index (Phi) is 7.50. The lowest BCUT2D eigenvalue weighted by molar-refractivity contribution is -0.117. The molecule has 0 saturated carbocycles. The molecule has 0 unspecified atom stereocenters. The molecule has 3 aromatic rings. The minimum Gasteiger partial charge on any atom is -0.490 e. The number of aryl methyl sites for hydroxylation is 2. The van der Waals surface area contributed by atoms with Crippen LogP contribution in [0.1, 0.15) is 22.5 Å². The summed E-state index contributed by atoms with van der Waals surface area (Å²) < 4.78 is 16.7. The van der Waals surface area contributed by atoms with Gasteiger partial charge in [-0.3, -0.25) is 4.79 Å². The molecule has 2 aromatic carbocycles. The van der Waals surface area contributed by atoms with E-state index in [4.69, 9.17) is 13.9 Å². The van der Waals surface area contributed by atoms with E-state index in [1.165, 1.54) is 12.3 Å². The molecule has 0 aliphatic carbocycles. The van der Waals surface area contributed by atoms with E-state index >= 15 is 0 Å². The molecule has 158 valence electrons. The molecule has 0 spiro atoms. The fourth-order valence-corrected chi connectivity index (χ4v) is 2.98. The van der Waals surface area contributed by atoms with E-state index in [1.54, 1.807) is 36.4 Å². The minimum absolute atomic E-state index is 0.0159. The number of furan rings is 1. The number of ether oxygens (including phenoxy) is 2. The molecule has 31 heavy (non-hydrogen) atoms. The quantitative estimate of drug-likeness (QED) is 0.314. The summed E-state index contributed by atoms with van der Waals surface area (Å²) in [5, 5.41) is 12.0. The first-order chi connectivity index (χ1) is 15.1. The maximum absolute atomic E-state index is 12.2. The van der Waals surface area contributed by atoms with Crippen LogP contribution >= 0.6 is 0 Å². The average molecular weight is 416 g/mol. The van der Waals surface area contributed by atoms with Crippen LogP contribution in [0, 0.1) is 25.2 Å². The van der Waals surface area contributed by atoms with Gasteiger partial charge in [0.05, 0.1) is 12.8 Å². The van der Waals surface area contributed by atoms with Crippen molar-refractivity contribution in [1.82, 2.24) is 5.32 Å². The van der Waals surface area contributed by atoms with Crippen LogP contribution in [0.4, 0.5) is 0 Å². The molecule has 6 nitrogen and oxygen atoms in total. The monoisotopic (exact) mass is 416 g/mol. The second kappa shape index (κ2) is 10.7. The minimum atomic E-state index is -0.456. The van der Waals surface area contributed by atoms with Crippen molar-refractivity contribution in [2.75, 3.05) is 13.2 Å². The smallest absolute Gasteiger partial charge is 0.262 e. The summed E-state index contributed by atoms with van der Waals surface area (Å²) in [4.78, 5) is 12.2. The summed E-state index contributed by atoms with van der Waals surface area (Å²) in [5.41, 5.74) is 2.93. The summed E-state index contributed by atoms with van der Waals surface area (Å²) in [7, 11) is 0. The zero-order chi connectivity index (χ0) is 22.1. The van der Waals surface area contributed by atoms with Crippen molar-refractivity contribution >= 4 is 12.0 Å². The molecule has 0 aliphatic rings. The van der Waals surface area contributed by atoms with Crippen molar-refractivity contribution in [3.8, 4) is 17.6 Å². The van der Waals surface area contributed by atoms with Gasteiger partial charge in [-0.1, -0.05) is 30.3 Å². The number of amides is 1. The second-order valence-electron chi connectivity index (χ2n) is 6.92. The van der Waals surface area contributed by atoms with Crippen molar-refractivity contribution in [3.63, 3.8) is 0 Å². The lowest BCUT2D eigenvalue weighted by atomic mass is 10.1. The van der Waals surface area contributed by atoms with Gasteiger partial charge in [0.1, 0.15) is 42.1 Å². The van der Waals surface area contributed by atoms with Gasteiger partial charge >= 0.3 is 0 Å². The van der Waals surface area contributed by atoms with Crippen LogP contribution in [0.5, 0.6) is 11.5 Å². The molecule has 0 fully saturated rings. The number of nitriles is 1. The zero-order valence-corrected chi connectivity index (χ0v) is 17.6. The zero-order valence-electron chi connectivity index (χ0n) is 17.6. The van der Waals surface area contributed by atoms with E-state index in [0.29, 0.717) is 24.7 Å². The lowest BCUT2D eigenvalue weighted by Crippen LogP contribution is -2.23. The van der Waals surface area contributed by atoms with E-state index in [9.17, 15) is 10.1 Å². The fourth-order valence-electron chi connectivity index (χ4n) is 2.98. The van der Waals surface area contributed by atoms with Gasteiger partial charge in [0, 0.05) is 0 Å². The molecule has 0 bridgehead atoms. The number of carbonyl (C=O) groups excluding carboxylic acids is 1. The molecule has 6 heteroatoms. The number of rotatable bonds is 9. The Balaban J connectivity index is 1.50. The highest BCUT2D eigenvalue weighted by molar-refractivity contribution is 6.01. The van der Waals surface area contributed by atoms with Crippen LogP contribution in [0.25, 0.3) is 6.08 Å². The SMILES string of the molecule is Cc1cccc(C)c1OCCOc1ccc(C=C(C#N)C(=O)NCc2ccco2)cc1. The maximum atomic E-state index is 12.2. The number of hydrogen-bond donors (Lipinski definition) is 1. The fraction of sp³-hybridized carbons (Fsp3) is 0.200. The Hall–Kier alpha value is -3.98. The Bertz CT molecular complexity index is 1060. The van der Waals surface area contributed by atoms with Gasteiger partial charge in [-0.25, -0.2) is 0 Å². The summed E-state index contributed by atoms with van der Waals surface area (Å²) in [5.74, 6) is 1.74. The Labute approximate surface area is 181 Å². The van der Waals surface area contributed by atoms with Gasteiger partial charge in [0.15, 0.2) is 0 Å². The van der Waals surface area contributed by atoms with Gasteiger partial charge in [0.2, 0.25) is 0 Å². The molecular weight excluding hydrogens is 392 g/mol. The Morgan fingerprint density at radius 2 is 1.74 bits per heavy atom. The van der Waals surface area contributed by atoms with Crippen molar-refractivity contribution in [2.45, 2.75) is 20.4 Å². The molecule has 1 heterocycles. The third-order valence-electron chi connectivity index (χ3n) is 4.57. The molecule has 0 radical (unpaired) electrons. The highest BCUT2D eigenvalue weighted by atomic mass is 16.5. The highest BCUT2D eigenvalue weighted by Crippen LogP contribution is 2.22. The van der Waals surface area contributed by atoms with E-state index in [-0.39, 0.29) is 12.1 Å². The number of carbonyl (C=O) groups is 1. The lowest BCUT2D eigenvalue weighted by Gasteiger charge is -2.12. The molecule has 1 amide bonds. The van der Waals surface area contributed by atoms with Crippen LogP contribution in [-0.4, -0.2) is 19.1 Å². The van der Waals surface area contributed by atoms with Gasteiger partial charge in [0.25, 0.3) is 5.91 Å². The van der Waals surface area contributed by atoms with Gasteiger partial charge < -0.3 is 19.2 Å². The predicted molar refractivity (Wildman–Crippen MR) is 117 cm³/mol. The maximum Gasteiger partial charge on any atom is 0.262 e. The molecular formula is C25H24N2O4. The summed E-state index contributed by atoms with van der Waals surface area (Å²) in [6, 6.07) is 18.6. The van der Waals surface area contributed by atoms with Crippen LogP contribution in [0.3, 0.4) is 0 Å². The van der Waals surface area contributed by atoms with Crippen molar-refractivity contribution in [1.29, 1.82) is 5.26 Å². The molecule has 1 N–H and O–H groups in total. The first-order valence-corrected chi connectivity index (χ1v) is 9.91. The van der Waals surface area contributed by atoms with Crippen LogP contribution in [-0.2, 0) is 11.3 Å². The molecule has 1 aromatic heterocycles. The van der Waals surface area contributed by atoms with Crippen molar-refractivity contribution in [3.05, 3.63) is 88.9 Å². The topological polar surface area (TPSA) is 84.5 Å². The van der Waals surface area contributed by atoms with Crippen LogP contribution in [0.15, 0.2) is 70.9 Å². The standard InChI is InChI=1S/C25H24N2O4/c1-18-5-3-6-19(2)24(18)31-14-13-30-22-10-8-20(9-11-22)15-21(16-26)25(28)27-17-23-7-4-12-29-23/h3-12,15H,13-14,17H2,1-2H3,(H,27,28). The van der Waals surface area contributed by atoms with E-state index in [0.717, 1.165) is 22.4 Å². The third-order valence-corrected chi connectivity index (χ3v) is 4.57. The molecule has 0 saturated heterocycles. The van der Waals surface area contributed by atoms with Gasteiger partial charge in [-0.15, -0.1) is 0 Å². The Morgan fingerprint density at radius 1 is 1.03 bits per heavy atom. The number of nitrogens with zero attached hydrogens (tertiary/aromatic N) is 1. The number of benzene rings is 2. The second-order valence-corrected chi connectivity index (χ2v) is 6.92. The van der Waals surface area contributed by atoms with Crippen molar-refractivity contribution < 1.29 is 18.7 Å². The van der Waals surface area contributed by atoms with Crippen LogP contribution in [0.2, 0.25) is 0 Å². The summed E-state index contributed by atoms with van der Waals surface area (Å²) in [6.07, 6.45) is 3.06. The molecule has 0 atom stereocenters. The first kappa shape index (κ1) is 21.7. The number of hydrogen-bond acceptors (Lipinski definition) is 5. The third kappa shape index (κ3) is 6.25. The average Bonchev–Trinajstić information content (AvgIpc) is 3.29. The van der Waals surface area contributed by atoms with E-state index in [2.05, 4.69) is 5.32 Å². The van der Waals surface area contributed by atoms with Gasteiger partial charge in [-0.05, 0) is 60.9 Å². The highest BCUT2D eigenvalue weighted by Gasteiger charge is 2.09. The largest absolute Gasteiger partial charge is 0.490 e. The normalized spacial score (nSPS) is 10.9. The van der Waals surface area contributed by atoms with E-state index in [1.807, 2.05) is 38.1 Å². The predicted octanol–water partition coefficient (Wildman–Crippen LogP) is 4.58. The van der Waals surface area contributed by atoms with Crippen molar-refractivity contribution in [2.24, 2.45) is 0 Å². The molecule has 0 aliphatic heterocycles. The first-order valence-electron chi connectivity index (χ1n) is 9.91.